The Labute approximate surface area is 460 Å². The van der Waals surface area contributed by atoms with Gasteiger partial charge < -0.3 is 0 Å². The van der Waals surface area contributed by atoms with Crippen molar-refractivity contribution in [2.24, 2.45) is 0 Å². The van der Waals surface area contributed by atoms with Crippen molar-refractivity contribution in [2.75, 3.05) is 0 Å². The summed E-state index contributed by atoms with van der Waals surface area (Å²) < 4.78 is 0. The number of aryl methyl sites for hydroxylation is 4. The Balaban J connectivity index is 1.30. The molecule has 354 valence electrons. The molecular weight excluding hydrogens is 1160 g/mol. The number of hydrogen-bond donors (Lipinski definition) is 0. The van der Waals surface area contributed by atoms with E-state index in [9.17, 15) is 0 Å². The second kappa shape index (κ2) is 22.7. The van der Waals surface area contributed by atoms with Crippen molar-refractivity contribution >= 4 is 189 Å². The fraction of sp³-hybridized carbons (Fsp3) is 0.231. The molecule has 68 heavy (non-hydrogen) atoms. The van der Waals surface area contributed by atoms with E-state index < -0.39 is 24.0 Å². The summed E-state index contributed by atoms with van der Waals surface area (Å²) in [6, 6.07) is 41.3. The third-order valence-electron chi connectivity index (χ3n) is 12.7. The topological polar surface area (TPSA) is 0 Å². The lowest BCUT2D eigenvalue weighted by molar-refractivity contribution is 0.915. The number of hydrogen-bond acceptors (Lipinski definition) is 0. The van der Waals surface area contributed by atoms with Crippen LogP contribution < -0.4 is 0 Å². The van der Waals surface area contributed by atoms with Gasteiger partial charge in [0.1, 0.15) is 0 Å². The smallest absolute Gasteiger partial charge is 0.126 e. The van der Waals surface area contributed by atoms with Gasteiger partial charge in [0, 0.05) is 0 Å². The molecule has 8 aromatic carbocycles. The van der Waals surface area contributed by atoms with Crippen LogP contribution in [0.5, 0.6) is 0 Å². The standard InChI is InChI=1S/C52H46Cl12Si4/c53-65(54,55)29-1-5-35-9-17-39(18-10-35)47-33-48(40-19-11-36(12-20-40)6-2-30-66(56,57)58)44-27-28-46-50(42-23-15-38(16-24-42)8-4-32-68(62,63)64)34-49(45-26-25-43(47)51(44)52(45)46)41-21-13-37(14-22-41)7-3-31-67(59,60)61/h9-28,33-34H,1-8,29-32H2. The van der Waals surface area contributed by atoms with Gasteiger partial charge in [0.15, 0.2) is 0 Å². The van der Waals surface area contributed by atoms with Crippen molar-refractivity contribution in [1.29, 1.82) is 0 Å². The van der Waals surface area contributed by atoms with Crippen LogP contribution in [0.2, 0.25) is 24.2 Å². The molecule has 0 fully saturated rings. The predicted octanol–water partition coefficient (Wildman–Crippen LogP) is 21.6. The highest BCUT2D eigenvalue weighted by atomic mass is 35.9. The van der Waals surface area contributed by atoms with Gasteiger partial charge in [-0.15, -0.1) is 133 Å². The molecular formula is C52H46Cl12Si4. The van der Waals surface area contributed by atoms with Gasteiger partial charge >= 0.3 is 24.0 Å². The highest BCUT2D eigenvalue weighted by Crippen LogP contribution is 2.49. The first kappa shape index (κ1) is 53.4. The van der Waals surface area contributed by atoms with Gasteiger partial charge in [-0.05, 0) is 187 Å². The Morgan fingerprint density at radius 1 is 0.250 bits per heavy atom. The average molecular weight is 1210 g/mol. The summed E-state index contributed by atoms with van der Waals surface area (Å²) in [5.74, 6) is 0. The minimum Gasteiger partial charge on any atom is -0.126 e. The molecule has 0 saturated carbocycles. The summed E-state index contributed by atoms with van der Waals surface area (Å²) in [5.41, 5.74) is 14.1. The summed E-state index contributed by atoms with van der Waals surface area (Å²) in [7, 11) is 0. The lowest BCUT2D eigenvalue weighted by Gasteiger charge is -2.22. The van der Waals surface area contributed by atoms with Gasteiger partial charge in [0.05, 0.1) is 0 Å². The fourth-order valence-electron chi connectivity index (χ4n) is 9.32. The van der Waals surface area contributed by atoms with Gasteiger partial charge in [0.25, 0.3) is 0 Å². The molecule has 0 heterocycles. The van der Waals surface area contributed by atoms with Gasteiger partial charge in [-0.2, -0.15) is 0 Å². The van der Waals surface area contributed by atoms with E-state index in [2.05, 4.69) is 133 Å². The van der Waals surface area contributed by atoms with Crippen LogP contribution in [0.4, 0.5) is 0 Å². The molecule has 0 bridgehead atoms. The second-order valence-electron chi connectivity index (χ2n) is 17.7. The molecule has 0 N–H and O–H groups in total. The SMILES string of the molecule is Cl[Si](Cl)(Cl)CCCc1ccc(-c2cc(-c3ccc(CCC[Si](Cl)(Cl)Cl)cc3)c3ccc4c(-c5ccc(CCC[Si](Cl)(Cl)Cl)cc5)cc(-c5ccc(CCC[Si](Cl)(Cl)Cl)cc5)c5ccc2c3c54)cc1. The van der Waals surface area contributed by atoms with Crippen LogP contribution in [-0.4, -0.2) is 24.0 Å². The fourth-order valence-corrected chi connectivity index (χ4v) is 16.4. The van der Waals surface area contributed by atoms with E-state index in [4.69, 9.17) is 133 Å². The van der Waals surface area contributed by atoms with Crippen LogP contribution in [0, 0.1) is 0 Å². The predicted molar refractivity (Wildman–Crippen MR) is 318 cm³/mol. The average Bonchev–Trinajstić information content (AvgIpc) is 3.27. The summed E-state index contributed by atoms with van der Waals surface area (Å²) in [5, 5.41) is 7.20. The third kappa shape index (κ3) is 14.3. The monoisotopic (exact) mass is 1200 g/mol. The van der Waals surface area contributed by atoms with Gasteiger partial charge in [-0.3, -0.25) is 0 Å². The highest BCUT2D eigenvalue weighted by Gasteiger charge is 2.27. The van der Waals surface area contributed by atoms with Gasteiger partial charge in [-0.1, -0.05) is 121 Å². The van der Waals surface area contributed by atoms with Gasteiger partial charge in [-0.25, -0.2) is 0 Å². The zero-order valence-corrected chi connectivity index (χ0v) is 49.8. The minimum absolute atomic E-state index is 0.628. The lowest BCUT2D eigenvalue weighted by atomic mass is 9.81. The summed E-state index contributed by atoms with van der Waals surface area (Å²) in [4.78, 5) is 0. The van der Waals surface area contributed by atoms with E-state index in [0.29, 0.717) is 24.2 Å². The normalized spacial score (nSPS) is 12.8. The van der Waals surface area contributed by atoms with Crippen LogP contribution in [0.15, 0.2) is 133 Å². The Bertz CT molecular complexity index is 2580. The number of halogens is 12. The Kier molecular flexibility index (Phi) is 17.9. The van der Waals surface area contributed by atoms with Crippen molar-refractivity contribution in [3.63, 3.8) is 0 Å². The van der Waals surface area contributed by atoms with Crippen molar-refractivity contribution in [3.05, 3.63) is 156 Å². The number of benzene rings is 8. The van der Waals surface area contributed by atoms with Gasteiger partial charge in [0.2, 0.25) is 0 Å². The summed E-state index contributed by atoms with van der Waals surface area (Å²) in [6.07, 6.45) is 6.73. The molecule has 0 amide bonds. The first-order valence-electron chi connectivity index (χ1n) is 22.6. The van der Waals surface area contributed by atoms with Crippen molar-refractivity contribution < 1.29 is 0 Å². The van der Waals surface area contributed by atoms with E-state index in [1.807, 2.05) is 0 Å². The Morgan fingerprint density at radius 3 is 0.618 bits per heavy atom. The zero-order chi connectivity index (χ0) is 48.4. The first-order chi connectivity index (χ1) is 32.2. The van der Waals surface area contributed by atoms with Crippen LogP contribution >= 0.6 is 133 Å². The molecule has 0 aliphatic rings. The van der Waals surface area contributed by atoms with Crippen LogP contribution in [0.1, 0.15) is 47.9 Å². The van der Waals surface area contributed by atoms with Crippen LogP contribution in [0.3, 0.4) is 0 Å². The zero-order valence-electron chi connectivity index (χ0n) is 36.7. The maximum absolute atomic E-state index is 6.23. The Morgan fingerprint density at radius 2 is 0.441 bits per heavy atom. The molecule has 8 aromatic rings. The molecule has 0 unspecified atom stereocenters. The molecule has 0 nitrogen and oxygen atoms in total. The summed E-state index contributed by atoms with van der Waals surface area (Å²) in [6.45, 7) is 0. The molecule has 0 saturated heterocycles. The summed E-state index contributed by atoms with van der Waals surface area (Å²) >= 11 is 74.8. The number of rotatable bonds is 20. The first-order valence-corrected chi connectivity index (χ1v) is 43.6. The molecule has 0 spiro atoms. The quantitative estimate of drug-likeness (QED) is 0.0405. The van der Waals surface area contributed by atoms with E-state index in [1.165, 1.54) is 54.6 Å². The molecule has 0 radical (unpaired) electrons. The maximum atomic E-state index is 6.23. The van der Waals surface area contributed by atoms with Crippen LogP contribution in [-0.2, 0) is 25.7 Å². The van der Waals surface area contributed by atoms with E-state index in [-0.39, 0.29) is 0 Å². The van der Waals surface area contributed by atoms with Crippen molar-refractivity contribution in [3.8, 4) is 44.5 Å². The van der Waals surface area contributed by atoms with E-state index in [0.717, 1.165) is 95.9 Å². The van der Waals surface area contributed by atoms with Crippen LogP contribution in [0.25, 0.3) is 76.8 Å². The van der Waals surface area contributed by atoms with E-state index in [1.54, 1.807) is 0 Å². The molecule has 0 aromatic heterocycles. The third-order valence-corrected chi connectivity index (χ3v) is 23.1. The van der Waals surface area contributed by atoms with E-state index >= 15 is 0 Å². The van der Waals surface area contributed by atoms with Crippen molar-refractivity contribution in [1.82, 2.24) is 0 Å². The largest absolute Gasteiger partial charge is 0.341 e. The second-order valence-corrected chi connectivity index (χ2v) is 54.8. The maximum Gasteiger partial charge on any atom is 0.341 e. The minimum atomic E-state index is -2.69. The van der Waals surface area contributed by atoms with Crippen molar-refractivity contribution in [2.45, 2.75) is 75.5 Å². The molecule has 0 aliphatic heterocycles. The highest BCUT2D eigenvalue weighted by molar-refractivity contribution is 7.66. The molecule has 16 heteroatoms. The molecule has 8 rings (SSSR count). The molecule has 0 atom stereocenters. The molecule has 0 aliphatic carbocycles. The lowest BCUT2D eigenvalue weighted by Crippen LogP contribution is -2.08. The Hall–Kier alpha value is -0.852.